The Morgan fingerprint density at radius 3 is 2.62 bits per heavy atom. The van der Waals surface area contributed by atoms with Crippen LogP contribution in [0.2, 0.25) is 10.2 Å². The Kier molecular flexibility index (Phi) is 6.12. The number of nitrogens with zero attached hydrogens (tertiary/aromatic N) is 2. The van der Waals surface area contributed by atoms with Crippen molar-refractivity contribution >= 4 is 29.1 Å². The highest BCUT2D eigenvalue weighted by Crippen LogP contribution is 2.28. The van der Waals surface area contributed by atoms with E-state index >= 15 is 0 Å². The zero-order chi connectivity index (χ0) is 18.7. The van der Waals surface area contributed by atoms with Crippen LogP contribution in [0.25, 0.3) is 0 Å². The van der Waals surface area contributed by atoms with Gasteiger partial charge in [0.25, 0.3) is 5.91 Å². The van der Waals surface area contributed by atoms with E-state index in [1.54, 1.807) is 24.8 Å². The molecular weight excluding hydrogens is 373 g/mol. The smallest absolute Gasteiger partial charge is 0.268 e. The quantitative estimate of drug-likeness (QED) is 0.806. The first-order valence-corrected chi connectivity index (χ1v) is 9.43. The van der Waals surface area contributed by atoms with E-state index in [4.69, 9.17) is 27.9 Å². The van der Waals surface area contributed by atoms with Crippen molar-refractivity contribution in [2.24, 2.45) is 7.05 Å². The van der Waals surface area contributed by atoms with E-state index < -0.39 is 0 Å². The Balaban J connectivity index is 1.77. The van der Waals surface area contributed by atoms with E-state index in [9.17, 15) is 4.79 Å². The molecule has 26 heavy (non-hydrogen) atoms. The molecule has 1 atom stereocenters. The lowest BCUT2D eigenvalue weighted by atomic mass is 10.0. The lowest BCUT2D eigenvalue weighted by molar-refractivity contribution is 0.0930. The van der Waals surface area contributed by atoms with Crippen molar-refractivity contribution in [2.75, 3.05) is 26.7 Å². The molecular formula is C19H23Cl2N3O2. The molecule has 1 fully saturated rings. The minimum atomic E-state index is -0.187. The Labute approximate surface area is 163 Å². The zero-order valence-electron chi connectivity index (χ0n) is 15.0. The average Bonchev–Trinajstić information content (AvgIpc) is 3.27. The number of methoxy groups -OCH3 is 1. The Morgan fingerprint density at radius 2 is 2.00 bits per heavy atom. The SMILES string of the molecule is COc1cccc(C(CNC(=O)c2cc(Cl)c(Cl)n2C)N2CCCC2)c1. The standard InChI is InChI=1S/C19H23Cl2N3O2/c1-23-16(11-15(20)18(23)21)19(25)22-12-17(24-8-3-4-9-24)13-6-5-7-14(10-13)26-2/h5-7,10-11,17H,3-4,8-9,12H2,1-2H3,(H,22,25). The number of hydrogen-bond donors (Lipinski definition) is 1. The lowest BCUT2D eigenvalue weighted by Crippen LogP contribution is -2.37. The second-order valence-corrected chi connectivity index (χ2v) is 7.24. The Morgan fingerprint density at radius 1 is 1.27 bits per heavy atom. The first kappa shape index (κ1) is 19.1. The van der Waals surface area contributed by atoms with Gasteiger partial charge >= 0.3 is 0 Å². The summed E-state index contributed by atoms with van der Waals surface area (Å²) in [6.45, 7) is 2.56. The van der Waals surface area contributed by atoms with Crippen molar-refractivity contribution in [3.05, 3.63) is 51.8 Å². The Bertz CT molecular complexity index is 785. The summed E-state index contributed by atoms with van der Waals surface area (Å²) in [7, 11) is 3.39. The van der Waals surface area contributed by atoms with Crippen molar-refractivity contribution in [3.63, 3.8) is 0 Å². The fourth-order valence-corrected chi connectivity index (χ4v) is 3.78. The minimum Gasteiger partial charge on any atom is -0.497 e. The predicted octanol–water partition coefficient (Wildman–Crippen LogP) is 3.91. The maximum Gasteiger partial charge on any atom is 0.268 e. The van der Waals surface area contributed by atoms with E-state index in [1.807, 2.05) is 18.2 Å². The molecule has 7 heteroatoms. The third-order valence-corrected chi connectivity index (χ3v) is 5.71. The molecule has 0 spiro atoms. The highest BCUT2D eigenvalue weighted by atomic mass is 35.5. The van der Waals surface area contributed by atoms with Gasteiger partial charge in [0.1, 0.15) is 16.6 Å². The van der Waals surface area contributed by atoms with Crippen molar-refractivity contribution in [1.29, 1.82) is 0 Å². The van der Waals surface area contributed by atoms with Crippen molar-refractivity contribution in [1.82, 2.24) is 14.8 Å². The molecule has 5 nitrogen and oxygen atoms in total. The third kappa shape index (κ3) is 4.00. The molecule has 1 unspecified atom stereocenters. The van der Waals surface area contributed by atoms with Gasteiger partial charge in [0.2, 0.25) is 0 Å². The number of nitrogens with one attached hydrogen (secondary N) is 1. The maximum absolute atomic E-state index is 12.6. The van der Waals surface area contributed by atoms with E-state index in [0.29, 0.717) is 22.4 Å². The molecule has 0 bridgehead atoms. The summed E-state index contributed by atoms with van der Waals surface area (Å²) in [6.07, 6.45) is 2.36. The number of amides is 1. The van der Waals surface area contributed by atoms with E-state index in [0.717, 1.165) is 24.4 Å². The maximum atomic E-state index is 12.6. The number of rotatable bonds is 6. The van der Waals surface area contributed by atoms with Crippen LogP contribution in [0.1, 0.15) is 34.9 Å². The van der Waals surface area contributed by atoms with E-state index in [2.05, 4.69) is 16.3 Å². The van der Waals surface area contributed by atoms with Gasteiger partial charge in [-0.05, 0) is 49.7 Å². The average molecular weight is 396 g/mol. The number of carbonyl (C=O) groups is 1. The predicted molar refractivity (Wildman–Crippen MR) is 104 cm³/mol. The van der Waals surface area contributed by atoms with Gasteiger partial charge in [0.05, 0.1) is 18.2 Å². The number of likely N-dealkylation sites (tertiary alicyclic amines) is 1. The molecule has 1 amide bonds. The van der Waals surface area contributed by atoms with Crippen LogP contribution in [-0.4, -0.2) is 42.1 Å². The highest BCUT2D eigenvalue weighted by Gasteiger charge is 2.25. The molecule has 1 saturated heterocycles. The normalized spacial score (nSPS) is 15.8. The minimum absolute atomic E-state index is 0.0998. The van der Waals surface area contributed by atoms with Gasteiger partial charge in [-0.3, -0.25) is 9.69 Å². The zero-order valence-corrected chi connectivity index (χ0v) is 16.5. The molecule has 0 saturated carbocycles. The van der Waals surface area contributed by atoms with E-state index in [-0.39, 0.29) is 11.9 Å². The van der Waals surface area contributed by atoms with Crippen LogP contribution < -0.4 is 10.1 Å². The van der Waals surface area contributed by atoms with Gasteiger partial charge in [-0.15, -0.1) is 0 Å². The number of halogens is 2. The lowest BCUT2D eigenvalue weighted by Gasteiger charge is -2.28. The van der Waals surface area contributed by atoms with Crippen LogP contribution in [0.3, 0.4) is 0 Å². The molecule has 1 aliphatic rings. The van der Waals surface area contributed by atoms with Gasteiger partial charge in [-0.1, -0.05) is 35.3 Å². The number of ether oxygens (including phenoxy) is 1. The second-order valence-electron chi connectivity index (χ2n) is 6.47. The monoisotopic (exact) mass is 395 g/mol. The summed E-state index contributed by atoms with van der Waals surface area (Å²) in [5.74, 6) is 0.632. The third-order valence-electron chi connectivity index (χ3n) is 4.86. The number of carbonyl (C=O) groups excluding carboxylic acids is 1. The van der Waals surface area contributed by atoms with Crippen molar-refractivity contribution in [3.8, 4) is 5.75 Å². The van der Waals surface area contributed by atoms with Gasteiger partial charge in [-0.2, -0.15) is 0 Å². The molecule has 1 aliphatic heterocycles. The van der Waals surface area contributed by atoms with Gasteiger partial charge < -0.3 is 14.6 Å². The van der Waals surface area contributed by atoms with Crippen LogP contribution in [0.4, 0.5) is 0 Å². The van der Waals surface area contributed by atoms with Gasteiger partial charge in [0, 0.05) is 13.6 Å². The van der Waals surface area contributed by atoms with Crippen LogP contribution in [0.5, 0.6) is 5.75 Å². The molecule has 2 heterocycles. The largest absolute Gasteiger partial charge is 0.497 e. The highest BCUT2D eigenvalue weighted by molar-refractivity contribution is 6.41. The topological polar surface area (TPSA) is 46.5 Å². The summed E-state index contributed by atoms with van der Waals surface area (Å²) >= 11 is 12.1. The number of aromatic nitrogens is 1. The molecule has 140 valence electrons. The number of benzene rings is 1. The summed E-state index contributed by atoms with van der Waals surface area (Å²) in [4.78, 5) is 15.0. The Hall–Kier alpha value is -1.69. The first-order valence-electron chi connectivity index (χ1n) is 8.68. The number of hydrogen-bond acceptors (Lipinski definition) is 3. The molecule has 1 aromatic heterocycles. The fourth-order valence-electron chi connectivity index (χ4n) is 3.40. The van der Waals surface area contributed by atoms with Crippen LogP contribution in [0.15, 0.2) is 30.3 Å². The van der Waals surface area contributed by atoms with Crippen LogP contribution >= 0.6 is 23.2 Å². The van der Waals surface area contributed by atoms with Crippen molar-refractivity contribution < 1.29 is 9.53 Å². The molecule has 2 aromatic rings. The summed E-state index contributed by atoms with van der Waals surface area (Å²) in [6, 6.07) is 9.71. The first-order chi connectivity index (χ1) is 12.5. The summed E-state index contributed by atoms with van der Waals surface area (Å²) < 4.78 is 6.95. The van der Waals surface area contributed by atoms with Gasteiger partial charge in [0.15, 0.2) is 0 Å². The molecule has 1 aromatic carbocycles. The molecule has 0 aliphatic carbocycles. The van der Waals surface area contributed by atoms with Crippen molar-refractivity contribution in [2.45, 2.75) is 18.9 Å². The van der Waals surface area contributed by atoms with E-state index in [1.165, 1.54) is 12.8 Å². The molecule has 0 radical (unpaired) electrons. The fraction of sp³-hybridized carbons (Fsp3) is 0.421. The summed E-state index contributed by atoms with van der Waals surface area (Å²) in [5, 5.41) is 3.77. The second kappa shape index (κ2) is 8.33. The summed E-state index contributed by atoms with van der Waals surface area (Å²) in [5.41, 5.74) is 1.58. The molecule has 1 N–H and O–H groups in total. The van der Waals surface area contributed by atoms with Crippen LogP contribution in [0, 0.1) is 0 Å². The van der Waals surface area contributed by atoms with Gasteiger partial charge in [-0.25, -0.2) is 0 Å². The molecule has 3 rings (SSSR count). The van der Waals surface area contributed by atoms with Crippen LogP contribution in [-0.2, 0) is 7.05 Å².